The molecule has 2 aromatic carbocycles. The second-order valence-corrected chi connectivity index (χ2v) is 8.03. The molecule has 3 rings (SSSR count). The summed E-state index contributed by atoms with van der Waals surface area (Å²) in [5.74, 6) is -1.46. The van der Waals surface area contributed by atoms with E-state index in [0.29, 0.717) is 12.0 Å². The minimum atomic E-state index is -1.08. The van der Waals surface area contributed by atoms with Gasteiger partial charge in [-0.1, -0.05) is 42.5 Å². The summed E-state index contributed by atoms with van der Waals surface area (Å²) in [7, 11) is 1.49. The average Bonchev–Trinajstić information content (AvgIpc) is 2.76. The van der Waals surface area contributed by atoms with E-state index < -0.39 is 23.6 Å². The van der Waals surface area contributed by atoms with E-state index >= 15 is 0 Å². The fourth-order valence-corrected chi connectivity index (χ4v) is 3.72. The van der Waals surface area contributed by atoms with Gasteiger partial charge in [-0.3, -0.25) is 9.59 Å². The molecule has 33 heavy (non-hydrogen) atoms. The third-order valence-corrected chi connectivity index (χ3v) is 5.55. The Labute approximate surface area is 191 Å². The lowest BCUT2D eigenvalue weighted by Crippen LogP contribution is -2.36. The number of nitrogens with zero attached hydrogens (tertiary/aromatic N) is 1. The molecule has 1 atom stereocenters. The Morgan fingerprint density at radius 2 is 1.73 bits per heavy atom. The van der Waals surface area contributed by atoms with E-state index in [0.717, 1.165) is 5.56 Å². The summed E-state index contributed by atoms with van der Waals surface area (Å²) < 4.78 is 1.21. The maximum Gasteiger partial charge on any atom is 0.319 e. The van der Waals surface area contributed by atoms with Crippen LogP contribution in [0.3, 0.4) is 0 Å². The summed E-state index contributed by atoms with van der Waals surface area (Å²) in [6.45, 7) is 4.10. The maximum atomic E-state index is 12.6. The quantitative estimate of drug-likeness (QED) is 0.439. The van der Waals surface area contributed by atoms with Crippen molar-refractivity contribution in [3.63, 3.8) is 0 Å². The summed E-state index contributed by atoms with van der Waals surface area (Å²) in [6.07, 6.45) is 1.70. The van der Waals surface area contributed by atoms with Crippen LogP contribution in [0.4, 0.5) is 10.5 Å². The molecule has 2 amide bonds. The second kappa shape index (κ2) is 10.0. The number of aliphatic carboxylic acids is 1. The van der Waals surface area contributed by atoms with E-state index in [1.165, 1.54) is 40.6 Å². The molecule has 0 bridgehead atoms. The summed E-state index contributed by atoms with van der Waals surface area (Å²) >= 11 is 0. The number of benzene rings is 2. The van der Waals surface area contributed by atoms with Crippen LogP contribution in [-0.4, -0.2) is 26.8 Å². The van der Waals surface area contributed by atoms with Crippen molar-refractivity contribution in [3.05, 3.63) is 92.9 Å². The lowest BCUT2D eigenvalue weighted by Gasteiger charge is -2.19. The first kappa shape index (κ1) is 23.6. The molecular weight excluding hydrogens is 422 g/mol. The highest BCUT2D eigenvalue weighted by Crippen LogP contribution is 2.23. The molecule has 0 saturated heterocycles. The molecule has 0 saturated carbocycles. The molecule has 1 heterocycles. The number of carboxylic acid groups (broad SMARTS) is 1. The third kappa shape index (κ3) is 5.79. The van der Waals surface area contributed by atoms with Gasteiger partial charge in [-0.15, -0.1) is 0 Å². The van der Waals surface area contributed by atoms with E-state index in [2.05, 4.69) is 36.6 Å². The van der Waals surface area contributed by atoms with Crippen LogP contribution in [0.25, 0.3) is 0 Å². The van der Waals surface area contributed by atoms with Crippen LogP contribution in [0.15, 0.2) is 59.5 Å². The fourth-order valence-electron chi connectivity index (χ4n) is 3.72. The van der Waals surface area contributed by atoms with Gasteiger partial charge in [0.1, 0.15) is 5.75 Å². The number of anilines is 1. The van der Waals surface area contributed by atoms with Gasteiger partial charge in [0, 0.05) is 13.2 Å². The van der Waals surface area contributed by atoms with Crippen LogP contribution in [0, 0.1) is 13.8 Å². The normalized spacial score (nSPS) is 11.6. The molecule has 0 spiro atoms. The van der Waals surface area contributed by atoms with Gasteiger partial charge in [0.05, 0.1) is 12.5 Å². The Bertz CT molecular complexity index is 1230. The van der Waals surface area contributed by atoms with Gasteiger partial charge in [-0.2, -0.15) is 0 Å². The Hall–Kier alpha value is -4.07. The SMILES string of the molecule is Cc1cccc(C)c1Cc1cccc(C(CC(=O)O)NC(=O)Nc2c(O)ccn(C)c2=O)c1. The zero-order valence-electron chi connectivity index (χ0n) is 18.8. The lowest BCUT2D eigenvalue weighted by atomic mass is 9.94. The molecule has 0 aliphatic heterocycles. The van der Waals surface area contributed by atoms with Gasteiger partial charge in [-0.25, -0.2) is 4.79 Å². The molecule has 0 aliphatic carbocycles. The van der Waals surface area contributed by atoms with Crippen LogP contribution in [-0.2, 0) is 18.3 Å². The molecular formula is C25H27N3O5. The maximum absolute atomic E-state index is 12.6. The van der Waals surface area contributed by atoms with Crippen LogP contribution < -0.4 is 16.2 Å². The minimum absolute atomic E-state index is 0.282. The fraction of sp³-hybridized carbons (Fsp3) is 0.240. The Balaban J connectivity index is 1.84. The van der Waals surface area contributed by atoms with Crippen molar-refractivity contribution >= 4 is 17.7 Å². The zero-order valence-corrected chi connectivity index (χ0v) is 18.8. The second-order valence-electron chi connectivity index (χ2n) is 8.03. The molecule has 8 nitrogen and oxygen atoms in total. The monoisotopic (exact) mass is 449 g/mol. The number of hydrogen-bond donors (Lipinski definition) is 4. The first-order valence-corrected chi connectivity index (χ1v) is 10.5. The van der Waals surface area contributed by atoms with Crippen molar-refractivity contribution in [2.24, 2.45) is 7.05 Å². The van der Waals surface area contributed by atoms with Crippen LogP contribution in [0.2, 0.25) is 0 Å². The molecule has 8 heteroatoms. The van der Waals surface area contributed by atoms with Gasteiger partial charge in [-0.05, 0) is 54.2 Å². The van der Waals surface area contributed by atoms with Crippen LogP contribution >= 0.6 is 0 Å². The number of pyridine rings is 1. The summed E-state index contributed by atoms with van der Waals surface area (Å²) in [6, 6.07) is 13.2. The first-order valence-electron chi connectivity index (χ1n) is 10.5. The lowest BCUT2D eigenvalue weighted by molar-refractivity contribution is -0.137. The predicted octanol–water partition coefficient (Wildman–Crippen LogP) is 3.64. The number of aromatic nitrogens is 1. The molecule has 0 fully saturated rings. The van der Waals surface area contributed by atoms with E-state index in [4.69, 9.17) is 0 Å². The van der Waals surface area contributed by atoms with Gasteiger partial charge >= 0.3 is 12.0 Å². The number of aromatic hydroxyl groups is 1. The number of nitrogens with one attached hydrogen (secondary N) is 2. The van der Waals surface area contributed by atoms with Gasteiger partial charge < -0.3 is 25.4 Å². The zero-order chi connectivity index (χ0) is 24.1. The number of carboxylic acids is 1. The Kier molecular flexibility index (Phi) is 7.17. The molecule has 4 N–H and O–H groups in total. The molecule has 1 unspecified atom stereocenters. The number of rotatable bonds is 7. The van der Waals surface area contributed by atoms with Crippen molar-refractivity contribution < 1.29 is 19.8 Å². The van der Waals surface area contributed by atoms with E-state index in [1.54, 1.807) is 6.07 Å². The number of carbonyl (C=O) groups excluding carboxylic acids is 1. The highest BCUT2D eigenvalue weighted by Gasteiger charge is 2.20. The largest absolute Gasteiger partial charge is 0.505 e. The topological polar surface area (TPSA) is 121 Å². The molecule has 1 aromatic heterocycles. The first-order chi connectivity index (χ1) is 15.7. The van der Waals surface area contributed by atoms with Crippen molar-refractivity contribution in [1.29, 1.82) is 0 Å². The number of amides is 2. The third-order valence-electron chi connectivity index (χ3n) is 5.55. The van der Waals surface area contributed by atoms with E-state index in [1.807, 2.05) is 24.3 Å². The Morgan fingerprint density at radius 1 is 1.06 bits per heavy atom. The summed E-state index contributed by atoms with van der Waals surface area (Å²) in [5.41, 5.74) is 4.28. The van der Waals surface area contributed by atoms with Crippen molar-refractivity contribution in [2.75, 3.05) is 5.32 Å². The smallest absolute Gasteiger partial charge is 0.319 e. The van der Waals surface area contributed by atoms with Crippen molar-refractivity contribution in [2.45, 2.75) is 32.7 Å². The minimum Gasteiger partial charge on any atom is -0.505 e. The average molecular weight is 450 g/mol. The van der Waals surface area contributed by atoms with E-state index in [-0.39, 0.29) is 17.9 Å². The van der Waals surface area contributed by atoms with Crippen LogP contribution in [0.1, 0.15) is 40.3 Å². The number of aryl methyl sites for hydroxylation is 3. The van der Waals surface area contributed by atoms with Crippen molar-refractivity contribution in [3.8, 4) is 5.75 Å². The Morgan fingerprint density at radius 3 is 2.39 bits per heavy atom. The van der Waals surface area contributed by atoms with Gasteiger partial charge in [0.15, 0.2) is 5.69 Å². The number of carbonyl (C=O) groups is 2. The highest BCUT2D eigenvalue weighted by molar-refractivity contribution is 5.91. The highest BCUT2D eigenvalue weighted by atomic mass is 16.4. The predicted molar refractivity (Wildman–Crippen MR) is 126 cm³/mol. The standard InChI is InChI=1S/C25H27N3O5/c1-15-6-4-7-16(2)19(15)13-17-8-5-9-18(12-17)20(14-22(30)31)26-25(33)27-23-21(29)10-11-28(3)24(23)32/h4-12,20,29H,13-14H2,1-3H3,(H,30,31)(H2,26,27,33). The number of urea groups is 1. The van der Waals surface area contributed by atoms with Crippen molar-refractivity contribution in [1.82, 2.24) is 9.88 Å². The summed E-state index contributed by atoms with van der Waals surface area (Å²) in [5, 5.41) is 24.3. The molecule has 3 aromatic rings. The molecule has 0 aliphatic rings. The van der Waals surface area contributed by atoms with E-state index in [9.17, 15) is 24.6 Å². The van der Waals surface area contributed by atoms with Gasteiger partial charge in [0.25, 0.3) is 5.56 Å². The molecule has 172 valence electrons. The molecule has 0 radical (unpaired) electrons. The summed E-state index contributed by atoms with van der Waals surface area (Å²) in [4.78, 5) is 36.3. The van der Waals surface area contributed by atoms with Crippen LogP contribution in [0.5, 0.6) is 5.75 Å². The van der Waals surface area contributed by atoms with Gasteiger partial charge in [0.2, 0.25) is 0 Å². The number of hydrogen-bond acceptors (Lipinski definition) is 4.